The Bertz CT molecular complexity index is 415. The van der Waals surface area contributed by atoms with Gasteiger partial charge in [0.1, 0.15) is 12.2 Å². The molecule has 2 saturated carbocycles. The maximum Gasteiger partial charge on any atom is 0.306 e. The Labute approximate surface area is 126 Å². The molecule has 4 heteroatoms. The summed E-state index contributed by atoms with van der Waals surface area (Å²) in [5.74, 6) is 0.176. The van der Waals surface area contributed by atoms with Gasteiger partial charge in [-0.3, -0.25) is 9.59 Å². The minimum Gasteiger partial charge on any atom is -0.462 e. The van der Waals surface area contributed by atoms with Crippen LogP contribution >= 0.6 is 0 Å². The Morgan fingerprint density at radius 2 is 1.62 bits per heavy atom. The van der Waals surface area contributed by atoms with Gasteiger partial charge in [-0.15, -0.1) is 13.2 Å². The van der Waals surface area contributed by atoms with Crippen molar-refractivity contribution < 1.29 is 19.1 Å². The molecule has 2 aliphatic carbocycles. The molecule has 0 saturated heterocycles. The summed E-state index contributed by atoms with van der Waals surface area (Å²) in [4.78, 5) is 23.5. The van der Waals surface area contributed by atoms with Crippen molar-refractivity contribution in [3.8, 4) is 0 Å². The van der Waals surface area contributed by atoms with Crippen molar-refractivity contribution in [1.29, 1.82) is 0 Å². The zero-order valence-corrected chi connectivity index (χ0v) is 12.5. The second-order valence-electron chi connectivity index (χ2n) is 5.87. The Kier molecular flexibility index (Phi) is 5.59. The molecule has 2 fully saturated rings. The van der Waals surface area contributed by atoms with Gasteiger partial charge >= 0.3 is 11.9 Å². The number of allylic oxidation sites excluding steroid dienone is 2. The Hall–Kier alpha value is -1.58. The van der Waals surface area contributed by atoms with Gasteiger partial charge in [-0.25, -0.2) is 0 Å². The number of fused-ring (bicyclic) bond motifs is 2. The monoisotopic (exact) mass is 292 g/mol. The Morgan fingerprint density at radius 3 is 2.24 bits per heavy atom. The maximum atomic E-state index is 11.8. The van der Waals surface area contributed by atoms with E-state index < -0.39 is 0 Å². The minimum atomic E-state index is -0.177. The van der Waals surface area contributed by atoms with Gasteiger partial charge in [-0.2, -0.15) is 0 Å². The first-order valence-electron chi connectivity index (χ1n) is 7.76. The van der Waals surface area contributed by atoms with Crippen LogP contribution in [0.5, 0.6) is 0 Å². The fourth-order valence-electron chi connectivity index (χ4n) is 3.40. The highest BCUT2D eigenvalue weighted by atomic mass is 16.6. The average molecular weight is 292 g/mol. The standard InChI is InChI=1S/C17H24O4/c1-3-5-7-15(18)20-14-11-12-9-10-13(14)17(12)21-16(19)8-6-4-2/h3-4,12-14,17H,1-2,5-11H2. The summed E-state index contributed by atoms with van der Waals surface area (Å²) in [6.07, 6.45) is 8.17. The molecule has 2 bridgehead atoms. The summed E-state index contributed by atoms with van der Waals surface area (Å²) in [5.41, 5.74) is 0. The lowest BCUT2D eigenvalue weighted by Gasteiger charge is -2.22. The quantitative estimate of drug-likeness (QED) is 0.509. The SMILES string of the molecule is C=CCCC(=O)OC1CC2CCC1C2OC(=O)CCC=C. The van der Waals surface area contributed by atoms with E-state index in [1.54, 1.807) is 12.2 Å². The van der Waals surface area contributed by atoms with E-state index in [1.807, 2.05) is 0 Å². The summed E-state index contributed by atoms with van der Waals surface area (Å²) in [7, 11) is 0. The summed E-state index contributed by atoms with van der Waals surface area (Å²) < 4.78 is 11.1. The summed E-state index contributed by atoms with van der Waals surface area (Å²) in [6, 6.07) is 0. The van der Waals surface area contributed by atoms with Crippen LogP contribution in [-0.2, 0) is 19.1 Å². The van der Waals surface area contributed by atoms with E-state index in [0.29, 0.717) is 31.6 Å². The second-order valence-corrected chi connectivity index (χ2v) is 5.87. The molecule has 0 spiro atoms. The van der Waals surface area contributed by atoms with Crippen molar-refractivity contribution in [2.24, 2.45) is 11.8 Å². The van der Waals surface area contributed by atoms with Crippen molar-refractivity contribution in [3.05, 3.63) is 25.3 Å². The highest BCUT2D eigenvalue weighted by Crippen LogP contribution is 2.48. The molecule has 4 atom stereocenters. The average Bonchev–Trinajstić information content (AvgIpc) is 2.99. The number of esters is 2. The Morgan fingerprint density at radius 1 is 1.00 bits per heavy atom. The molecule has 116 valence electrons. The van der Waals surface area contributed by atoms with Crippen molar-refractivity contribution in [2.45, 2.75) is 57.2 Å². The zero-order valence-electron chi connectivity index (χ0n) is 12.5. The fourth-order valence-corrected chi connectivity index (χ4v) is 3.40. The van der Waals surface area contributed by atoms with Crippen molar-refractivity contribution >= 4 is 11.9 Å². The number of ether oxygens (including phenoxy) is 2. The van der Waals surface area contributed by atoms with Gasteiger partial charge in [0.2, 0.25) is 0 Å². The molecule has 0 aliphatic heterocycles. The highest BCUT2D eigenvalue weighted by molar-refractivity contribution is 5.70. The normalized spacial score (nSPS) is 29.9. The van der Waals surface area contributed by atoms with Crippen molar-refractivity contribution in [1.82, 2.24) is 0 Å². The molecule has 4 nitrogen and oxygen atoms in total. The van der Waals surface area contributed by atoms with Crippen LogP contribution in [0, 0.1) is 11.8 Å². The third kappa shape index (κ3) is 3.96. The molecule has 0 heterocycles. The number of hydrogen-bond acceptors (Lipinski definition) is 4. The lowest BCUT2D eigenvalue weighted by Crippen LogP contribution is -2.28. The second kappa shape index (κ2) is 7.43. The van der Waals surface area contributed by atoms with Gasteiger partial charge in [0, 0.05) is 18.8 Å². The van der Waals surface area contributed by atoms with E-state index in [2.05, 4.69) is 13.2 Å². The molecule has 0 N–H and O–H groups in total. The van der Waals surface area contributed by atoms with E-state index in [4.69, 9.17) is 9.47 Å². The van der Waals surface area contributed by atoms with Crippen molar-refractivity contribution in [3.63, 3.8) is 0 Å². The van der Waals surface area contributed by atoms with Gasteiger partial charge < -0.3 is 9.47 Å². The molecule has 21 heavy (non-hydrogen) atoms. The number of carbonyl (C=O) groups is 2. The van der Waals surface area contributed by atoms with Gasteiger partial charge in [0.05, 0.1) is 0 Å². The van der Waals surface area contributed by atoms with Crippen LogP contribution in [0.4, 0.5) is 0 Å². The first-order chi connectivity index (χ1) is 10.2. The number of carbonyl (C=O) groups excluding carboxylic acids is 2. The van der Waals surface area contributed by atoms with E-state index >= 15 is 0 Å². The Balaban J connectivity index is 1.83. The predicted octanol–water partition coefficient (Wildman–Crippen LogP) is 3.17. The molecule has 0 amide bonds. The lowest BCUT2D eigenvalue weighted by atomic mass is 9.98. The lowest BCUT2D eigenvalue weighted by molar-refractivity contribution is -0.155. The molecule has 0 aromatic carbocycles. The molecule has 2 rings (SSSR count). The van der Waals surface area contributed by atoms with Gasteiger partial charge in [-0.05, 0) is 38.0 Å². The molecular weight excluding hydrogens is 268 g/mol. The molecule has 0 aromatic rings. The maximum absolute atomic E-state index is 11.8. The third-order valence-electron chi connectivity index (χ3n) is 4.43. The summed E-state index contributed by atoms with van der Waals surface area (Å²) in [6.45, 7) is 7.20. The first kappa shape index (κ1) is 15.8. The van der Waals surface area contributed by atoms with Crippen LogP contribution in [0.3, 0.4) is 0 Å². The van der Waals surface area contributed by atoms with E-state index in [-0.39, 0.29) is 30.1 Å². The highest BCUT2D eigenvalue weighted by Gasteiger charge is 2.51. The predicted molar refractivity (Wildman–Crippen MR) is 79.5 cm³/mol. The summed E-state index contributed by atoms with van der Waals surface area (Å²) in [5, 5.41) is 0. The molecule has 0 aromatic heterocycles. The molecule has 4 unspecified atom stereocenters. The largest absolute Gasteiger partial charge is 0.462 e. The van der Waals surface area contributed by atoms with Crippen LogP contribution in [0.25, 0.3) is 0 Å². The third-order valence-corrected chi connectivity index (χ3v) is 4.43. The van der Waals surface area contributed by atoms with Crippen molar-refractivity contribution in [2.75, 3.05) is 0 Å². The van der Waals surface area contributed by atoms with Gasteiger partial charge in [0.25, 0.3) is 0 Å². The van der Waals surface area contributed by atoms with E-state index in [9.17, 15) is 9.59 Å². The van der Waals surface area contributed by atoms with Crippen LogP contribution in [0.2, 0.25) is 0 Å². The van der Waals surface area contributed by atoms with Crippen LogP contribution in [0.15, 0.2) is 25.3 Å². The first-order valence-corrected chi connectivity index (χ1v) is 7.76. The number of hydrogen-bond donors (Lipinski definition) is 0. The van der Waals surface area contributed by atoms with Gasteiger partial charge in [0.15, 0.2) is 0 Å². The zero-order chi connectivity index (χ0) is 15.2. The topological polar surface area (TPSA) is 52.6 Å². The molecule has 0 radical (unpaired) electrons. The van der Waals surface area contributed by atoms with Crippen LogP contribution in [-0.4, -0.2) is 24.1 Å². The number of rotatable bonds is 8. The van der Waals surface area contributed by atoms with Crippen LogP contribution in [0.1, 0.15) is 44.9 Å². The summed E-state index contributed by atoms with van der Waals surface area (Å²) >= 11 is 0. The smallest absolute Gasteiger partial charge is 0.306 e. The van der Waals surface area contributed by atoms with E-state index in [0.717, 1.165) is 19.3 Å². The fraction of sp³-hybridized carbons (Fsp3) is 0.647. The van der Waals surface area contributed by atoms with Crippen LogP contribution < -0.4 is 0 Å². The van der Waals surface area contributed by atoms with E-state index in [1.165, 1.54) is 0 Å². The molecular formula is C17H24O4. The minimum absolute atomic E-state index is 0.0699. The molecule has 2 aliphatic rings. The van der Waals surface area contributed by atoms with Gasteiger partial charge in [-0.1, -0.05) is 12.2 Å².